The van der Waals surface area contributed by atoms with Crippen LogP contribution in [0.4, 0.5) is 11.4 Å². The Morgan fingerprint density at radius 3 is 1.50 bits per heavy atom. The Bertz CT molecular complexity index is 714. The quantitative estimate of drug-likeness (QED) is 0.339. The summed E-state index contributed by atoms with van der Waals surface area (Å²) in [5.74, 6) is -0.207. The first-order valence-corrected chi connectivity index (χ1v) is 6.77. The van der Waals surface area contributed by atoms with Gasteiger partial charge in [0.25, 0.3) is 11.4 Å². The Labute approximate surface area is 135 Å². The molecule has 0 aliphatic heterocycles. The fraction of sp³-hybridized carbons (Fsp3) is 0.143. The minimum atomic E-state index is -0.572. The number of hydrogen-bond acceptors (Lipinski definition) is 8. The van der Waals surface area contributed by atoms with Gasteiger partial charge in [-0.2, -0.15) is 0 Å². The number of hydrazine groups is 1. The SMILES string of the molecule is O=[N+]([O-])c1ccc(O)c(CNNCc2cc([N+](=O)[O-])ccc2O)c1. The molecule has 0 atom stereocenters. The first kappa shape index (κ1) is 17.1. The van der Waals surface area contributed by atoms with E-state index in [0.717, 1.165) is 0 Å². The summed E-state index contributed by atoms with van der Waals surface area (Å²) >= 11 is 0. The van der Waals surface area contributed by atoms with Gasteiger partial charge in [0.1, 0.15) is 11.5 Å². The summed E-state index contributed by atoms with van der Waals surface area (Å²) in [5, 5.41) is 40.8. The minimum Gasteiger partial charge on any atom is -0.508 e. The normalized spacial score (nSPS) is 10.5. The molecule has 24 heavy (non-hydrogen) atoms. The van der Waals surface area contributed by atoms with Crippen LogP contribution in [0.1, 0.15) is 11.1 Å². The van der Waals surface area contributed by atoms with E-state index in [0.29, 0.717) is 11.1 Å². The number of rotatable bonds is 7. The molecule has 10 nitrogen and oxygen atoms in total. The van der Waals surface area contributed by atoms with Crippen molar-refractivity contribution in [1.82, 2.24) is 10.9 Å². The second-order valence-electron chi connectivity index (χ2n) is 4.85. The van der Waals surface area contributed by atoms with Crippen LogP contribution in [0.3, 0.4) is 0 Å². The van der Waals surface area contributed by atoms with E-state index >= 15 is 0 Å². The lowest BCUT2D eigenvalue weighted by molar-refractivity contribution is -0.385. The molecule has 126 valence electrons. The van der Waals surface area contributed by atoms with Gasteiger partial charge in [-0.3, -0.25) is 31.1 Å². The number of nitro groups is 2. The van der Waals surface area contributed by atoms with Gasteiger partial charge in [-0.15, -0.1) is 0 Å². The zero-order valence-electron chi connectivity index (χ0n) is 12.3. The van der Waals surface area contributed by atoms with Gasteiger partial charge in [-0.05, 0) is 12.1 Å². The Balaban J connectivity index is 1.96. The second-order valence-corrected chi connectivity index (χ2v) is 4.85. The highest BCUT2D eigenvalue weighted by Gasteiger charge is 2.11. The largest absolute Gasteiger partial charge is 0.508 e. The third-order valence-electron chi connectivity index (χ3n) is 3.23. The van der Waals surface area contributed by atoms with Crippen molar-refractivity contribution in [2.75, 3.05) is 0 Å². The van der Waals surface area contributed by atoms with E-state index in [-0.39, 0.29) is 36.0 Å². The molecule has 2 rings (SSSR count). The molecule has 0 radical (unpaired) electrons. The van der Waals surface area contributed by atoms with Crippen molar-refractivity contribution in [3.63, 3.8) is 0 Å². The third kappa shape index (κ3) is 4.15. The number of nitro benzene ring substituents is 2. The maximum atomic E-state index is 10.7. The van der Waals surface area contributed by atoms with E-state index in [1.54, 1.807) is 0 Å². The average molecular weight is 334 g/mol. The molecule has 0 heterocycles. The number of nitrogens with zero attached hydrogens (tertiary/aromatic N) is 2. The molecule has 10 heteroatoms. The van der Waals surface area contributed by atoms with Crippen molar-refractivity contribution in [3.05, 3.63) is 67.8 Å². The molecule has 0 unspecified atom stereocenters. The molecule has 0 saturated carbocycles. The molecule has 0 fully saturated rings. The fourth-order valence-electron chi connectivity index (χ4n) is 1.97. The van der Waals surface area contributed by atoms with Crippen LogP contribution in [0.2, 0.25) is 0 Å². The molecule has 0 aromatic heterocycles. The molecule has 0 bridgehead atoms. The molecule has 2 aromatic carbocycles. The molecule has 0 saturated heterocycles. The lowest BCUT2D eigenvalue weighted by Crippen LogP contribution is -2.30. The van der Waals surface area contributed by atoms with E-state index in [4.69, 9.17) is 0 Å². The first-order valence-electron chi connectivity index (χ1n) is 6.77. The molecule has 0 aliphatic rings. The van der Waals surface area contributed by atoms with Crippen LogP contribution in [0, 0.1) is 20.2 Å². The molecule has 4 N–H and O–H groups in total. The van der Waals surface area contributed by atoms with E-state index < -0.39 is 9.85 Å². The topological polar surface area (TPSA) is 151 Å². The highest BCUT2D eigenvalue weighted by molar-refractivity contribution is 5.43. The number of phenolic OH excluding ortho intramolecular Hbond substituents is 2. The van der Waals surface area contributed by atoms with Crippen LogP contribution >= 0.6 is 0 Å². The summed E-state index contributed by atoms with van der Waals surface area (Å²) in [4.78, 5) is 20.3. The maximum Gasteiger partial charge on any atom is 0.270 e. The van der Waals surface area contributed by atoms with E-state index in [1.807, 2.05) is 0 Å². The van der Waals surface area contributed by atoms with E-state index in [1.165, 1.54) is 36.4 Å². The molecular weight excluding hydrogens is 320 g/mol. The summed E-state index contributed by atoms with van der Waals surface area (Å²) in [5.41, 5.74) is 5.75. The highest BCUT2D eigenvalue weighted by Crippen LogP contribution is 2.23. The highest BCUT2D eigenvalue weighted by atomic mass is 16.6. The van der Waals surface area contributed by atoms with Crippen LogP contribution in [0.15, 0.2) is 36.4 Å². The molecule has 0 aliphatic carbocycles. The molecule has 0 spiro atoms. The van der Waals surface area contributed by atoms with Gasteiger partial charge in [0.05, 0.1) is 9.85 Å². The van der Waals surface area contributed by atoms with Gasteiger partial charge in [0, 0.05) is 48.5 Å². The number of aromatic hydroxyl groups is 2. The summed E-state index contributed by atoms with van der Waals surface area (Å²) in [6, 6.07) is 7.29. The second kappa shape index (κ2) is 7.35. The summed E-state index contributed by atoms with van der Waals surface area (Å²) in [7, 11) is 0. The van der Waals surface area contributed by atoms with Crippen molar-refractivity contribution >= 4 is 11.4 Å². The van der Waals surface area contributed by atoms with Crippen LogP contribution in [-0.4, -0.2) is 20.1 Å². The van der Waals surface area contributed by atoms with Crippen molar-refractivity contribution in [2.45, 2.75) is 13.1 Å². The zero-order chi connectivity index (χ0) is 17.7. The van der Waals surface area contributed by atoms with Crippen molar-refractivity contribution < 1.29 is 20.1 Å². The Kier molecular flexibility index (Phi) is 5.24. The van der Waals surface area contributed by atoms with Gasteiger partial charge in [0.15, 0.2) is 0 Å². The minimum absolute atomic E-state index is 0.0726. The van der Waals surface area contributed by atoms with Crippen LogP contribution < -0.4 is 10.9 Å². The Morgan fingerprint density at radius 2 is 1.17 bits per heavy atom. The summed E-state index contributed by atoms with van der Waals surface area (Å²) in [6.45, 7) is 0.145. The maximum absolute atomic E-state index is 10.7. The molecule has 2 aromatic rings. The molecular formula is C14H14N4O6. The summed E-state index contributed by atoms with van der Waals surface area (Å²) < 4.78 is 0. The fourth-order valence-corrected chi connectivity index (χ4v) is 1.97. The number of benzene rings is 2. The van der Waals surface area contributed by atoms with Crippen LogP contribution in [0.25, 0.3) is 0 Å². The van der Waals surface area contributed by atoms with Gasteiger partial charge >= 0.3 is 0 Å². The van der Waals surface area contributed by atoms with E-state index in [9.17, 15) is 30.4 Å². The van der Waals surface area contributed by atoms with Crippen molar-refractivity contribution in [2.24, 2.45) is 0 Å². The lowest BCUT2D eigenvalue weighted by Gasteiger charge is -2.09. The number of phenols is 2. The number of non-ortho nitro benzene ring substituents is 2. The smallest absolute Gasteiger partial charge is 0.270 e. The first-order chi connectivity index (χ1) is 11.4. The lowest BCUT2D eigenvalue weighted by atomic mass is 10.1. The Hall–Kier alpha value is -3.24. The monoisotopic (exact) mass is 334 g/mol. The Morgan fingerprint density at radius 1 is 0.792 bits per heavy atom. The van der Waals surface area contributed by atoms with Gasteiger partial charge in [-0.25, -0.2) is 0 Å². The van der Waals surface area contributed by atoms with Gasteiger partial charge in [-0.1, -0.05) is 0 Å². The summed E-state index contributed by atoms with van der Waals surface area (Å²) in [6.07, 6.45) is 0. The average Bonchev–Trinajstić information content (AvgIpc) is 2.54. The van der Waals surface area contributed by atoms with Gasteiger partial charge in [0.2, 0.25) is 0 Å². The van der Waals surface area contributed by atoms with Crippen LogP contribution in [0.5, 0.6) is 11.5 Å². The predicted octanol–water partition coefficient (Wildman–Crippen LogP) is 1.71. The van der Waals surface area contributed by atoms with Crippen LogP contribution in [-0.2, 0) is 13.1 Å². The third-order valence-corrected chi connectivity index (χ3v) is 3.23. The predicted molar refractivity (Wildman–Crippen MR) is 83.2 cm³/mol. The standard InChI is InChI=1S/C14H14N4O6/c19-13-3-1-11(17(21)22)5-9(13)7-15-16-8-10-6-12(18(23)24)2-4-14(10)20/h1-6,15-16,19-20H,7-8H2. The van der Waals surface area contributed by atoms with Gasteiger partial charge < -0.3 is 10.2 Å². The number of hydrogen-bond donors (Lipinski definition) is 4. The zero-order valence-corrected chi connectivity index (χ0v) is 12.3. The number of nitrogens with one attached hydrogen (secondary N) is 2. The van der Waals surface area contributed by atoms with Crippen molar-refractivity contribution in [3.8, 4) is 11.5 Å². The molecule has 0 amide bonds. The van der Waals surface area contributed by atoms with E-state index in [2.05, 4.69) is 10.9 Å². The van der Waals surface area contributed by atoms with Crippen molar-refractivity contribution in [1.29, 1.82) is 0 Å².